The zero-order chi connectivity index (χ0) is 21.1. The second kappa shape index (κ2) is 8.83. The molecule has 1 amide bonds. The van der Waals surface area contributed by atoms with E-state index in [2.05, 4.69) is 4.90 Å². The fourth-order valence-electron chi connectivity index (χ4n) is 4.21. The SMILES string of the molecule is O=C([C@H](c1ccccc1)N1CCN(S(=O)(=O)c2ccc(F)cc2)CC1)N1CCCC1. The molecule has 0 unspecified atom stereocenters. The van der Waals surface area contributed by atoms with Gasteiger partial charge in [0.1, 0.15) is 11.9 Å². The zero-order valence-corrected chi connectivity index (χ0v) is 17.6. The average Bonchev–Trinajstić information content (AvgIpc) is 3.30. The normalized spacial score (nSPS) is 19.7. The Labute approximate surface area is 176 Å². The molecule has 2 aliphatic rings. The average molecular weight is 432 g/mol. The molecule has 1 atom stereocenters. The van der Waals surface area contributed by atoms with Crippen LogP contribution < -0.4 is 0 Å². The molecular weight excluding hydrogens is 405 g/mol. The van der Waals surface area contributed by atoms with E-state index in [4.69, 9.17) is 0 Å². The number of carbonyl (C=O) groups is 1. The van der Waals surface area contributed by atoms with E-state index in [0.29, 0.717) is 13.1 Å². The summed E-state index contributed by atoms with van der Waals surface area (Å²) >= 11 is 0. The molecule has 2 aromatic carbocycles. The third-order valence-corrected chi connectivity index (χ3v) is 7.77. The number of likely N-dealkylation sites (tertiary alicyclic amines) is 1. The number of hydrogen-bond acceptors (Lipinski definition) is 4. The molecule has 160 valence electrons. The first-order valence-corrected chi connectivity index (χ1v) is 11.7. The fraction of sp³-hybridized carbons (Fsp3) is 0.409. The van der Waals surface area contributed by atoms with Crippen molar-refractivity contribution in [1.82, 2.24) is 14.1 Å². The highest BCUT2D eigenvalue weighted by atomic mass is 32.2. The standard InChI is InChI=1S/C22H26FN3O3S/c23-19-8-10-20(11-9-19)30(28,29)26-16-14-24(15-17-26)21(18-6-2-1-3-7-18)22(27)25-12-4-5-13-25/h1-3,6-11,21H,4-5,12-17H2/t21-/m0/s1. The molecule has 0 radical (unpaired) electrons. The third kappa shape index (κ3) is 4.26. The van der Waals surface area contributed by atoms with Crippen LogP contribution in [-0.4, -0.2) is 67.7 Å². The molecule has 2 fully saturated rings. The van der Waals surface area contributed by atoms with Crippen molar-refractivity contribution in [3.05, 3.63) is 66.0 Å². The first kappa shape index (κ1) is 21.0. The minimum atomic E-state index is -3.68. The lowest BCUT2D eigenvalue weighted by Crippen LogP contribution is -2.52. The number of amides is 1. The Hall–Kier alpha value is -2.29. The summed E-state index contributed by atoms with van der Waals surface area (Å²) in [6.07, 6.45) is 2.05. The third-order valence-electron chi connectivity index (χ3n) is 5.86. The lowest BCUT2D eigenvalue weighted by molar-refractivity contribution is -0.136. The molecule has 0 saturated carbocycles. The van der Waals surface area contributed by atoms with Gasteiger partial charge in [-0.05, 0) is 42.7 Å². The summed E-state index contributed by atoms with van der Waals surface area (Å²) in [7, 11) is -3.68. The number of halogens is 1. The van der Waals surface area contributed by atoms with Crippen molar-refractivity contribution < 1.29 is 17.6 Å². The van der Waals surface area contributed by atoms with Gasteiger partial charge < -0.3 is 4.90 Å². The van der Waals surface area contributed by atoms with Gasteiger partial charge in [-0.25, -0.2) is 12.8 Å². The topological polar surface area (TPSA) is 60.9 Å². The number of benzene rings is 2. The van der Waals surface area contributed by atoms with Gasteiger partial charge in [-0.3, -0.25) is 9.69 Å². The Kier molecular flexibility index (Phi) is 6.17. The highest BCUT2D eigenvalue weighted by Gasteiger charge is 2.36. The lowest BCUT2D eigenvalue weighted by atomic mass is 10.0. The fourth-order valence-corrected chi connectivity index (χ4v) is 5.64. The van der Waals surface area contributed by atoms with Crippen molar-refractivity contribution in [2.75, 3.05) is 39.3 Å². The molecule has 2 heterocycles. The Morgan fingerprint density at radius 1 is 0.833 bits per heavy atom. The van der Waals surface area contributed by atoms with E-state index >= 15 is 0 Å². The summed E-state index contributed by atoms with van der Waals surface area (Å²) in [6, 6.07) is 14.2. The van der Waals surface area contributed by atoms with Crippen molar-refractivity contribution in [2.45, 2.75) is 23.8 Å². The van der Waals surface area contributed by atoms with Crippen LogP contribution in [0.2, 0.25) is 0 Å². The molecular formula is C22H26FN3O3S. The maximum atomic E-state index is 13.3. The second-order valence-corrected chi connectivity index (χ2v) is 9.68. The Morgan fingerprint density at radius 2 is 1.43 bits per heavy atom. The predicted octanol–water partition coefficient (Wildman–Crippen LogP) is 2.50. The monoisotopic (exact) mass is 431 g/mol. The summed E-state index contributed by atoms with van der Waals surface area (Å²) in [5.41, 5.74) is 0.934. The van der Waals surface area contributed by atoms with Gasteiger partial charge in [-0.2, -0.15) is 4.31 Å². The lowest BCUT2D eigenvalue weighted by Gasteiger charge is -2.39. The highest BCUT2D eigenvalue weighted by Crippen LogP contribution is 2.28. The van der Waals surface area contributed by atoms with E-state index in [0.717, 1.165) is 43.6 Å². The van der Waals surface area contributed by atoms with Gasteiger partial charge in [0.05, 0.1) is 4.90 Å². The van der Waals surface area contributed by atoms with E-state index in [9.17, 15) is 17.6 Å². The van der Waals surface area contributed by atoms with E-state index in [1.54, 1.807) is 0 Å². The molecule has 0 spiro atoms. The molecule has 4 rings (SSSR count). The summed E-state index contributed by atoms with van der Waals surface area (Å²) in [5.74, 6) is -0.376. The molecule has 2 aromatic rings. The quantitative estimate of drug-likeness (QED) is 0.730. The number of nitrogens with zero attached hydrogens (tertiary/aromatic N) is 3. The van der Waals surface area contributed by atoms with Gasteiger partial charge in [0.15, 0.2) is 0 Å². The molecule has 0 bridgehead atoms. The number of hydrogen-bond donors (Lipinski definition) is 0. The van der Waals surface area contributed by atoms with Crippen LogP contribution >= 0.6 is 0 Å². The minimum Gasteiger partial charge on any atom is -0.341 e. The smallest absolute Gasteiger partial charge is 0.244 e. The van der Waals surface area contributed by atoms with Crippen LogP contribution in [0, 0.1) is 5.82 Å². The molecule has 2 saturated heterocycles. The molecule has 6 nitrogen and oxygen atoms in total. The van der Waals surface area contributed by atoms with Gasteiger partial charge in [-0.15, -0.1) is 0 Å². The van der Waals surface area contributed by atoms with Crippen LogP contribution in [0.3, 0.4) is 0 Å². The number of sulfonamides is 1. The number of piperazine rings is 1. The molecule has 30 heavy (non-hydrogen) atoms. The summed E-state index contributed by atoms with van der Waals surface area (Å²) in [6.45, 7) is 3.05. The van der Waals surface area contributed by atoms with Crippen LogP contribution in [0.1, 0.15) is 24.4 Å². The van der Waals surface area contributed by atoms with Gasteiger partial charge in [0.25, 0.3) is 0 Å². The van der Waals surface area contributed by atoms with Crippen molar-refractivity contribution in [2.24, 2.45) is 0 Å². The Morgan fingerprint density at radius 3 is 2.03 bits per heavy atom. The van der Waals surface area contributed by atoms with Crippen LogP contribution in [0.25, 0.3) is 0 Å². The van der Waals surface area contributed by atoms with Crippen molar-refractivity contribution >= 4 is 15.9 Å². The summed E-state index contributed by atoms with van der Waals surface area (Å²) in [5, 5.41) is 0. The van der Waals surface area contributed by atoms with Crippen molar-refractivity contribution in [3.8, 4) is 0 Å². The summed E-state index contributed by atoms with van der Waals surface area (Å²) < 4.78 is 40.4. The molecule has 0 N–H and O–H groups in total. The Bertz CT molecular complexity index is 968. The molecule has 2 aliphatic heterocycles. The van der Waals surface area contributed by atoms with E-state index in [-0.39, 0.29) is 23.9 Å². The first-order valence-electron chi connectivity index (χ1n) is 10.3. The van der Waals surface area contributed by atoms with Crippen LogP contribution in [-0.2, 0) is 14.8 Å². The van der Waals surface area contributed by atoms with Crippen LogP contribution in [0.15, 0.2) is 59.5 Å². The van der Waals surface area contributed by atoms with Crippen molar-refractivity contribution in [1.29, 1.82) is 0 Å². The van der Waals surface area contributed by atoms with Gasteiger partial charge in [-0.1, -0.05) is 30.3 Å². The van der Waals surface area contributed by atoms with Crippen LogP contribution in [0.4, 0.5) is 4.39 Å². The van der Waals surface area contributed by atoms with E-state index in [1.165, 1.54) is 16.4 Å². The second-order valence-electron chi connectivity index (χ2n) is 7.74. The van der Waals surface area contributed by atoms with E-state index < -0.39 is 21.9 Å². The van der Waals surface area contributed by atoms with Crippen molar-refractivity contribution in [3.63, 3.8) is 0 Å². The van der Waals surface area contributed by atoms with Crippen LogP contribution in [0.5, 0.6) is 0 Å². The summed E-state index contributed by atoms with van der Waals surface area (Å²) in [4.78, 5) is 17.4. The van der Waals surface area contributed by atoms with Gasteiger partial charge in [0, 0.05) is 39.3 Å². The number of rotatable bonds is 5. The molecule has 0 aromatic heterocycles. The first-order chi connectivity index (χ1) is 14.5. The predicted molar refractivity (Wildman–Crippen MR) is 112 cm³/mol. The molecule has 0 aliphatic carbocycles. The Balaban J connectivity index is 1.51. The maximum Gasteiger partial charge on any atom is 0.244 e. The largest absolute Gasteiger partial charge is 0.341 e. The zero-order valence-electron chi connectivity index (χ0n) is 16.8. The molecule has 8 heteroatoms. The number of carbonyl (C=O) groups excluding carboxylic acids is 1. The van der Waals surface area contributed by atoms with Gasteiger partial charge >= 0.3 is 0 Å². The van der Waals surface area contributed by atoms with Gasteiger partial charge in [0.2, 0.25) is 15.9 Å². The minimum absolute atomic E-state index is 0.0881. The highest BCUT2D eigenvalue weighted by molar-refractivity contribution is 7.89. The van der Waals surface area contributed by atoms with E-state index in [1.807, 2.05) is 35.2 Å². The maximum absolute atomic E-state index is 13.3.